The molecule has 4 nitrogen and oxygen atoms in total. The second-order valence-electron chi connectivity index (χ2n) is 6.03. The average Bonchev–Trinajstić information content (AvgIpc) is 3.22. The number of amides is 1. The van der Waals surface area contributed by atoms with Crippen LogP contribution in [-0.4, -0.2) is 41.5 Å². The molecule has 6 heteroatoms. The predicted molar refractivity (Wildman–Crippen MR) is 99.5 cm³/mol. The highest BCUT2D eigenvalue weighted by Crippen LogP contribution is 2.30. The van der Waals surface area contributed by atoms with E-state index >= 15 is 0 Å². The molecule has 0 spiro atoms. The van der Waals surface area contributed by atoms with Gasteiger partial charge in [0.2, 0.25) is 5.91 Å². The number of halogens is 1. The van der Waals surface area contributed by atoms with E-state index in [0.717, 1.165) is 35.9 Å². The minimum atomic E-state index is 0.0361. The molecule has 24 heavy (non-hydrogen) atoms. The van der Waals surface area contributed by atoms with Crippen LogP contribution < -0.4 is 5.32 Å². The lowest BCUT2D eigenvalue weighted by Crippen LogP contribution is -2.40. The Morgan fingerprint density at radius 1 is 1.46 bits per heavy atom. The fraction of sp³-hybridized carbons (Fsp3) is 0.444. The first-order valence-electron chi connectivity index (χ1n) is 8.37. The summed E-state index contributed by atoms with van der Waals surface area (Å²) in [7, 11) is 0. The molecular formula is C18H22ClN3OS. The predicted octanol–water partition coefficient (Wildman–Crippen LogP) is 3.61. The van der Waals surface area contributed by atoms with Gasteiger partial charge in [0.05, 0.1) is 17.1 Å². The van der Waals surface area contributed by atoms with Crippen LogP contribution in [0, 0.1) is 0 Å². The van der Waals surface area contributed by atoms with Crippen LogP contribution in [0.15, 0.2) is 29.6 Å². The summed E-state index contributed by atoms with van der Waals surface area (Å²) < 4.78 is 0. The van der Waals surface area contributed by atoms with Crippen molar-refractivity contribution >= 4 is 28.8 Å². The van der Waals surface area contributed by atoms with Gasteiger partial charge in [-0.15, -0.1) is 11.3 Å². The summed E-state index contributed by atoms with van der Waals surface area (Å²) in [5, 5.41) is 6.53. The van der Waals surface area contributed by atoms with Gasteiger partial charge >= 0.3 is 0 Å². The number of rotatable bonds is 6. The summed E-state index contributed by atoms with van der Waals surface area (Å²) in [5.74, 6) is 0.0361. The van der Waals surface area contributed by atoms with Crippen molar-refractivity contribution in [2.24, 2.45) is 0 Å². The van der Waals surface area contributed by atoms with Crippen molar-refractivity contribution < 1.29 is 4.79 Å². The van der Waals surface area contributed by atoms with E-state index in [1.165, 1.54) is 24.2 Å². The van der Waals surface area contributed by atoms with Crippen LogP contribution in [0.1, 0.15) is 25.5 Å². The Labute approximate surface area is 151 Å². The van der Waals surface area contributed by atoms with Crippen molar-refractivity contribution in [1.29, 1.82) is 0 Å². The highest BCUT2D eigenvalue weighted by Gasteiger charge is 2.23. The first-order chi connectivity index (χ1) is 11.7. The number of likely N-dealkylation sites (tertiary alicyclic amines) is 1. The third-order valence-electron chi connectivity index (χ3n) is 4.44. The number of benzene rings is 1. The van der Waals surface area contributed by atoms with E-state index in [1.54, 1.807) is 0 Å². The highest BCUT2D eigenvalue weighted by molar-refractivity contribution is 7.13. The molecule has 0 aliphatic carbocycles. The molecule has 0 saturated carbocycles. The van der Waals surface area contributed by atoms with Crippen LogP contribution in [0.3, 0.4) is 0 Å². The largest absolute Gasteiger partial charge is 0.354 e. The van der Waals surface area contributed by atoms with Gasteiger partial charge in [0.1, 0.15) is 5.01 Å². The number of nitrogens with zero attached hydrogens (tertiary/aromatic N) is 2. The quantitative estimate of drug-likeness (QED) is 0.852. The zero-order valence-corrected chi connectivity index (χ0v) is 15.4. The number of carbonyl (C=O) groups is 1. The molecule has 0 radical (unpaired) electrons. The van der Waals surface area contributed by atoms with Gasteiger partial charge in [-0.3, -0.25) is 9.69 Å². The molecule has 1 saturated heterocycles. The number of likely N-dealkylation sites (N-methyl/N-ethyl adjacent to an activating group) is 1. The van der Waals surface area contributed by atoms with Crippen LogP contribution >= 0.6 is 22.9 Å². The van der Waals surface area contributed by atoms with E-state index in [0.29, 0.717) is 17.5 Å². The fourth-order valence-electron chi connectivity index (χ4n) is 3.15. The minimum absolute atomic E-state index is 0.0361. The standard InChI is InChI=1S/C18H22ClN3OS/c1-2-22-9-5-6-14(22)11-20-17(23)10-13-12-24-18(21-13)15-7-3-4-8-16(15)19/h3-4,7-8,12,14H,2,5-6,9-11H2,1H3,(H,20,23). The molecule has 1 N–H and O–H groups in total. The molecule has 1 aliphatic heterocycles. The molecule has 1 amide bonds. The monoisotopic (exact) mass is 363 g/mol. The first kappa shape index (κ1) is 17.4. The van der Waals surface area contributed by atoms with Crippen molar-refractivity contribution in [3.05, 3.63) is 40.4 Å². The van der Waals surface area contributed by atoms with Crippen molar-refractivity contribution in [2.75, 3.05) is 19.6 Å². The van der Waals surface area contributed by atoms with Gasteiger partial charge in [-0.05, 0) is 32.0 Å². The van der Waals surface area contributed by atoms with Crippen LogP contribution in [0.2, 0.25) is 5.02 Å². The molecule has 1 aromatic carbocycles. The number of nitrogens with one attached hydrogen (secondary N) is 1. The van der Waals surface area contributed by atoms with Crippen molar-refractivity contribution in [1.82, 2.24) is 15.2 Å². The zero-order valence-electron chi connectivity index (χ0n) is 13.8. The van der Waals surface area contributed by atoms with Gasteiger partial charge in [0.15, 0.2) is 0 Å². The Balaban J connectivity index is 1.55. The Morgan fingerprint density at radius 2 is 2.29 bits per heavy atom. The van der Waals surface area contributed by atoms with Crippen molar-refractivity contribution in [3.63, 3.8) is 0 Å². The minimum Gasteiger partial charge on any atom is -0.354 e. The summed E-state index contributed by atoms with van der Waals surface area (Å²) in [6, 6.07) is 8.12. The van der Waals surface area contributed by atoms with E-state index in [2.05, 4.69) is 22.1 Å². The zero-order chi connectivity index (χ0) is 16.9. The number of aromatic nitrogens is 1. The van der Waals surface area contributed by atoms with E-state index in [1.807, 2.05) is 29.6 Å². The molecule has 1 aliphatic rings. The molecule has 1 aromatic heterocycles. The molecule has 1 fully saturated rings. The number of hydrogen-bond donors (Lipinski definition) is 1. The molecule has 3 rings (SSSR count). The van der Waals surface area contributed by atoms with Gasteiger partial charge < -0.3 is 5.32 Å². The Hall–Kier alpha value is -1.43. The van der Waals surface area contributed by atoms with Crippen LogP contribution in [0.25, 0.3) is 10.6 Å². The number of carbonyl (C=O) groups excluding carboxylic acids is 1. The molecular weight excluding hydrogens is 342 g/mol. The summed E-state index contributed by atoms with van der Waals surface area (Å²) in [6.07, 6.45) is 2.71. The normalized spacial score (nSPS) is 18.0. The Kier molecular flexibility index (Phi) is 5.87. The number of hydrogen-bond acceptors (Lipinski definition) is 4. The second kappa shape index (κ2) is 8.10. The summed E-state index contributed by atoms with van der Waals surface area (Å²) >= 11 is 7.73. The molecule has 1 unspecified atom stereocenters. The summed E-state index contributed by atoms with van der Waals surface area (Å²) in [4.78, 5) is 19.2. The molecule has 128 valence electrons. The lowest BCUT2D eigenvalue weighted by atomic mass is 10.2. The van der Waals surface area contributed by atoms with Crippen LogP contribution in [0.4, 0.5) is 0 Å². The second-order valence-corrected chi connectivity index (χ2v) is 7.29. The maximum atomic E-state index is 12.2. The maximum Gasteiger partial charge on any atom is 0.226 e. The SMILES string of the molecule is CCN1CCCC1CNC(=O)Cc1csc(-c2ccccc2Cl)n1. The number of thiazole rings is 1. The third kappa shape index (κ3) is 4.15. The topological polar surface area (TPSA) is 45.2 Å². The van der Waals surface area contributed by atoms with E-state index in [9.17, 15) is 4.79 Å². The first-order valence-corrected chi connectivity index (χ1v) is 9.63. The Morgan fingerprint density at radius 3 is 3.08 bits per heavy atom. The highest BCUT2D eigenvalue weighted by atomic mass is 35.5. The van der Waals surface area contributed by atoms with Gasteiger partial charge in [-0.1, -0.05) is 36.7 Å². The molecule has 2 aromatic rings. The van der Waals surface area contributed by atoms with Crippen LogP contribution in [0.5, 0.6) is 0 Å². The fourth-order valence-corrected chi connectivity index (χ4v) is 4.29. The van der Waals surface area contributed by atoms with Gasteiger partial charge in [-0.25, -0.2) is 4.98 Å². The molecule has 2 heterocycles. The lowest BCUT2D eigenvalue weighted by Gasteiger charge is -2.22. The Bertz CT molecular complexity index is 703. The van der Waals surface area contributed by atoms with Gasteiger partial charge in [0.25, 0.3) is 0 Å². The van der Waals surface area contributed by atoms with Gasteiger partial charge in [-0.2, -0.15) is 0 Å². The summed E-state index contributed by atoms with van der Waals surface area (Å²) in [6.45, 7) is 5.10. The molecule has 1 atom stereocenters. The smallest absolute Gasteiger partial charge is 0.226 e. The average molecular weight is 364 g/mol. The van der Waals surface area contributed by atoms with E-state index in [-0.39, 0.29) is 5.91 Å². The van der Waals surface area contributed by atoms with Gasteiger partial charge in [0, 0.05) is 23.5 Å². The maximum absolute atomic E-state index is 12.2. The van der Waals surface area contributed by atoms with Crippen molar-refractivity contribution in [3.8, 4) is 10.6 Å². The summed E-state index contributed by atoms with van der Waals surface area (Å²) in [5.41, 5.74) is 1.71. The van der Waals surface area contributed by atoms with E-state index < -0.39 is 0 Å². The van der Waals surface area contributed by atoms with E-state index in [4.69, 9.17) is 11.6 Å². The van der Waals surface area contributed by atoms with Crippen molar-refractivity contribution in [2.45, 2.75) is 32.2 Å². The molecule has 0 bridgehead atoms. The third-order valence-corrected chi connectivity index (χ3v) is 5.69. The van der Waals surface area contributed by atoms with Crippen LogP contribution in [-0.2, 0) is 11.2 Å². The lowest BCUT2D eigenvalue weighted by molar-refractivity contribution is -0.120.